The summed E-state index contributed by atoms with van der Waals surface area (Å²) in [6.07, 6.45) is 1.29. The lowest BCUT2D eigenvalue weighted by Gasteiger charge is -2.39. The van der Waals surface area contributed by atoms with Gasteiger partial charge in [-0.05, 0) is 12.8 Å². The van der Waals surface area contributed by atoms with Gasteiger partial charge in [-0.25, -0.2) is 8.42 Å². The van der Waals surface area contributed by atoms with E-state index in [0.29, 0.717) is 25.9 Å². The standard InChI is InChI=1S/C10H21F3NO2S/c1-5-7-14(4,8-6-2)9(3)17(15,16)10(11,12)13/h9H,5-8H2,1-4H3/q+1. The minimum atomic E-state index is -5.17. The zero-order valence-electron chi connectivity index (χ0n) is 10.7. The molecule has 0 bridgehead atoms. The van der Waals surface area contributed by atoms with Gasteiger partial charge in [0, 0.05) is 6.92 Å². The van der Waals surface area contributed by atoms with Crippen molar-refractivity contribution in [3.05, 3.63) is 0 Å². The van der Waals surface area contributed by atoms with Crippen molar-refractivity contribution in [3.8, 4) is 0 Å². The zero-order chi connectivity index (χ0) is 13.9. The Labute approximate surface area is 101 Å². The number of alkyl halides is 3. The van der Waals surface area contributed by atoms with Gasteiger partial charge < -0.3 is 4.48 Å². The first-order valence-corrected chi connectivity index (χ1v) is 7.22. The maximum atomic E-state index is 12.5. The summed E-state index contributed by atoms with van der Waals surface area (Å²) in [7, 11) is -3.54. The molecule has 104 valence electrons. The van der Waals surface area contributed by atoms with E-state index in [-0.39, 0.29) is 4.48 Å². The molecule has 0 rings (SSSR count). The summed E-state index contributed by atoms with van der Waals surface area (Å²) < 4.78 is 60.2. The molecule has 0 saturated heterocycles. The molecule has 1 unspecified atom stereocenters. The predicted octanol–water partition coefficient (Wildman–Crippen LogP) is 2.53. The van der Waals surface area contributed by atoms with E-state index < -0.39 is 20.7 Å². The molecular formula is C10H21F3NO2S+. The molecule has 0 aromatic heterocycles. The molecule has 0 fully saturated rings. The highest BCUT2D eigenvalue weighted by Gasteiger charge is 2.55. The summed E-state index contributed by atoms with van der Waals surface area (Å²) >= 11 is 0. The van der Waals surface area contributed by atoms with E-state index >= 15 is 0 Å². The lowest BCUT2D eigenvalue weighted by molar-refractivity contribution is -0.918. The number of nitrogens with zero attached hydrogens (tertiary/aromatic N) is 1. The van der Waals surface area contributed by atoms with Crippen molar-refractivity contribution in [2.24, 2.45) is 0 Å². The third-order valence-electron chi connectivity index (χ3n) is 3.12. The van der Waals surface area contributed by atoms with E-state index in [1.54, 1.807) is 7.05 Å². The van der Waals surface area contributed by atoms with Gasteiger partial charge in [-0.3, -0.25) is 0 Å². The Morgan fingerprint density at radius 2 is 1.47 bits per heavy atom. The fourth-order valence-corrected chi connectivity index (χ4v) is 3.29. The molecule has 0 aromatic carbocycles. The molecule has 0 aliphatic rings. The normalized spacial score (nSPS) is 15.9. The first kappa shape index (κ1) is 16.7. The van der Waals surface area contributed by atoms with Crippen LogP contribution in [0.4, 0.5) is 13.2 Å². The number of halogens is 3. The number of rotatable bonds is 6. The molecule has 0 amide bonds. The Kier molecular flexibility index (Phi) is 5.46. The maximum Gasteiger partial charge on any atom is 0.503 e. The summed E-state index contributed by atoms with van der Waals surface area (Å²) in [5.41, 5.74) is -5.17. The fraction of sp³-hybridized carbons (Fsp3) is 1.00. The molecule has 0 spiro atoms. The minimum absolute atomic E-state index is 0.0884. The van der Waals surface area contributed by atoms with Crippen LogP contribution in [0.1, 0.15) is 33.6 Å². The van der Waals surface area contributed by atoms with Crippen molar-refractivity contribution in [2.75, 3.05) is 20.1 Å². The predicted molar refractivity (Wildman–Crippen MR) is 60.9 cm³/mol. The summed E-state index contributed by atoms with van der Waals surface area (Å²) in [5, 5.41) is -1.46. The largest absolute Gasteiger partial charge is 0.503 e. The second-order valence-corrected chi connectivity index (χ2v) is 6.75. The Morgan fingerprint density at radius 1 is 1.12 bits per heavy atom. The van der Waals surface area contributed by atoms with E-state index in [0.717, 1.165) is 6.92 Å². The summed E-state index contributed by atoms with van der Waals surface area (Å²) in [6, 6.07) is 0. The topological polar surface area (TPSA) is 34.1 Å². The number of hydrogen-bond donors (Lipinski definition) is 0. The minimum Gasteiger partial charge on any atom is -0.311 e. The van der Waals surface area contributed by atoms with Crippen LogP contribution in [-0.2, 0) is 9.84 Å². The number of quaternary nitrogens is 1. The van der Waals surface area contributed by atoms with Crippen LogP contribution in [0.3, 0.4) is 0 Å². The van der Waals surface area contributed by atoms with Gasteiger partial charge in [0.05, 0.1) is 20.1 Å². The van der Waals surface area contributed by atoms with Crippen molar-refractivity contribution in [1.82, 2.24) is 0 Å². The smallest absolute Gasteiger partial charge is 0.311 e. The Bertz CT molecular complexity index is 332. The molecule has 17 heavy (non-hydrogen) atoms. The summed E-state index contributed by atoms with van der Waals surface area (Å²) in [5.74, 6) is 0. The average molecular weight is 276 g/mol. The first-order valence-electron chi connectivity index (χ1n) is 5.67. The quantitative estimate of drug-likeness (QED) is 0.699. The highest BCUT2D eigenvalue weighted by molar-refractivity contribution is 7.92. The Morgan fingerprint density at radius 3 is 1.71 bits per heavy atom. The van der Waals surface area contributed by atoms with Crippen molar-refractivity contribution < 1.29 is 26.1 Å². The average Bonchev–Trinajstić information content (AvgIpc) is 2.15. The van der Waals surface area contributed by atoms with Gasteiger partial charge in [0.25, 0.3) is 0 Å². The zero-order valence-corrected chi connectivity index (χ0v) is 11.5. The van der Waals surface area contributed by atoms with Gasteiger partial charge in [-0.15, -0.1) is 0 Å². The lowest BCUT2D eigenvalue weighted by atomic mass is 10.3. The van der Waals surface area contributed by atoms with Crippen LogP contribution in [0.5, 0.6) is 0 Å². The van der Waals surface area contributed by atoms with Crippen molar-refractivity contribution in [1.29, 1.82) is 0 Å². The SMILES string of the molecule is CCC[N+](C)(CCC)C(C)S(=O)(=O)C(F)(F)F. The van der Waals surface area contributed by atoms with Crippen molar-refractivity contribution >= 4 is 9.84 Å². The van der Waals surface area contributed by atoms with Crippen LogP contribution in [0.15, 0.2) is 0 Å². The summed E-state index contributed by atoms with van der Waals surface area (Å²) in [4.78, 5) is 0. The molecule has 0 aliphatic heterocycles. The molecule has 0 heterocycles. The highest BCUT2D eigenvalue weighted by atomic mass is 32.2. The second kappa shape index (κ2) is 5.56. The fourth-order valence-electron chi connectivity index (χ4n) is 2.03. The van der Waals surface area contributed by atoms with E-state index in [4.69, 9.17) is 0 Å². The van der Waals surface area contributed by atoms with E-state index in [9.17, 15) is 21.6 Å². The van der Waals surface area contributed by atoms with Crippen LogP contribution in [0.25, 0.3) is 0 Å². The van der Waals surface area contributed by atoms with E-state index in [1.165, 1.54) is 0 Å². The molecule has 0 N–H and O–H groups in total. The maximum absolute atomic E-state index is 12.5. The molecule has 0 aliphatic carbocycles. The van der Waals surface area contributed by atoms with Crippen LogP contribution >= 0.6 is 0 Å². The van der Waals surface area contributed by atoms with Crippen LogP contribution in [0, 0.1) is 0 Å². The number of hydrogen-bond acceptors (Lipinski definition) is 2. The van der Waals surface area contributed by atoms with Gasteiger partial charge in [0.1, 0.15) is 0 Å². The van der Waals surface area contributed by atoms with Gasteiger partial charge in [0.2, 0.25) is 0 Å². The van der Waals surface area contributed by atoms with Gasteiger partial charge in [0.15, 0.2) is 5.37 Å². The van der Waals surface area contributed by atoms with Gasteiger partial charge >= 0.3 is 15.3 Å². The first-order chi connectivity index (χ1) is 7.53. The van der Waals surface area contributed by atoms with Gasteiger partial charge in [-0.2, -0.15) is 13.2 Å². The molecule has 0 aromatic rings. The Hall–Kier alpha value is -0.300. The molecule has 1 atom stereocenters. The molecule has 3 nitrogen and oxygen atoms in total. The van der Waals surface area contributed by atoms with E-state index in [1.807, 2.05) is 13.8 Å². The van der Waals surface area contributed by atoms with Crippen molar-refractivity contribution in [3.63, 3.8) is 0 Å². The third kappa shape index (κ3) is 3.58. The van der Waals surface area contributed by atoms with Gasteiger partial charge in [-0.1, -0.05) is 13.8 Å². The molecule has 7 heteroatoms. The second-order valence-electron chi connectivity index (χ2n) is 4.52. The van der Waals surface area contributed by atoms with Crippen LogP contribution in [0.2, 0.25) is 0 Å². The summed E-state index contributed by atoms with van der Waals surface area (Å²) in [6.45, 7) is 5.65. The molecular weight excluding hydrogens is 255 g/mol. The lowest BCUT2D eigenvalue weighted by Crippen LogP contribution is -2.57. The van der Waals surface area contributed by atoms with Crippen molar-refractivity contribution in [2.45, 2.75) is 44.5 Å². The Balaban J connectivity index is 5.30. The third-order valence-corrected chi connectivity index (χ3v) is 5.17. The monoisotopic (exact) mass is 276 g/mol. The van der Waals surface area contributed by atoms with E-state index in [2.05, 4.69) is 0 Å². The highest BCUT2D eigenvalue weighted by Crippen LogP contribution is 2.31. The molecule has 0 radical (unpaired) electrons. The van der Waals surface area contributed by atoms with Crippen LogP contribution < -0.4 is 0 Å². The number of sulfone groups is 1. The molecule has 0 saturated carbocycles. The van der Waals surface area contributed by atoms with Crippen LogP contribution in [-0.4, -0.2) is 43.9 Å².